The number of benzene rings is 1. The van der Waals surface area contributed by atoms with Crippen LogP contribution in [0, 0.1) is 0 Å². The molecular weight excluding hydrogens is 188 g/mol. The minimum Gasteiger partial charge on any atom is -0.386 e. The highest BCUT2D eigenvalue weighted by Crippen LogP contribution is 2.27. The molecule has 0 heterocycles. The van der Waals surface area contributed by atoms with E-state index in [2.05, 4.69) is 20.9 Å². The molecule has 0 aliphatic heterocycles. The summed E-state index contributed by atoms with van der Waals surface area (Å²) in [4.78, 5) is 0. The summed E-state index contributed by atoms with van der Waals surface area (Å²) in [5, 5.41) is 7.66. The molecule has 1 aromatic carbocycles. The van der Waals surface area contributed by atoms with Crippen LogP contribution in [-0.2, 0) is 0 Å². The molecule has 0 bridgehead atoms. The zero-order valence-electron chi connectivity index (χ0n) is 7.03. The standard InChI is InChI=1S/C8H10ClN2Si/c1-10-5-3-4-6(12)7(9)8(5)11-2/h3-4,10-11H,1-2H3. The normalized spacial score (nSPS) is 9.67. The van der Waals surface area contributed by atoms with E-state index in [9.17, 15) is 0 Å². The Bertz CT molecular complexity index is 289. The maximum Gasteiger partial charge on any atom is 0.0761 e. The molecule has 1 aromatic rings. The Morgan fingerprint density at radius 2 is 1.92 bits per heavy atom. The molecule has 0 aliphatic carbocycles. The van der Waals surface area contributed by atoms with Crippen molar-refractivity contribution in [1.29, 1.82) is 0 Å². The van der Waals surface area contributed by atoms with Crippen molar-refractivity contribution in [3.8, 4) is 0 Å². The number of halogens is 1. The summed E-state index contributed by atoms with van der Waals surface area (Å²) in [6, 6.07) is 3.87. The molecule has 0 atom stereocenters. The van der Waals surface area contributed by atoms with Gasteiger partial charge in [0, 0.05) is 14.1 Å². The van der Waals surface area contributed by atoms with Gasteiger partial charge in [-0.3, -0.25) is 0 Å². The predicted molar refractivity (Wildman–Crippen MR) is 55.9 cm³/mol. The molecule has 12 heavy (non-hydrogen) atoms. The number of nitrogens with one attached hydrogen (secondary N) is 2. The molecule has 0 amide bonds. The highest BCUT2D eigenvalue weighted by molar-refractivity contribution is 6.47. The average Bonchev–Trinajstić information content (AvgIpc) is 2.09. The van der Waals surface area contributed by atoms with Crippen molar-refractivity contribution in [3.63, 3.8) is 0 Å². The fourth-order valence-corrected chi connectivity index (χ4v) is 1.50. The fourth-order valence-electron chi connectivity index (χ4n) is 1.03. The lowest BCUT2D eigenvalue weighted by Crippen LogP contribution is -2.08. The monoisotopic (exact) mass is 197 g/mol. The van der Waals surface area contributed by atoms with E-state index in [-0.39, 0.29) is 0 Å². The van der Waals surface area contributed by atoms with Crippen LogP contribution in [0.3, 0.4) is 0 Å². The van der Waals surface area contributed by atoms with E-state index in [0.29, 0.717) is 5.02 Å². The first-order valence-corrected chi connectivity index (χ1v) is 4.48. The zero-order chi connectivity index (χ0) is 9.14. The lowest BCUT2D eigenvalue weighted by atomic mass is 10.2. The fraction of sp³-hybridized carbons (Fsp3) is 0.250. The zero-order valence-corrected chi connectivity index (χ0v) is 8.79. The van der Waals surface area contributed by atoms with Gasteiger partial charge in [0.2, 0.25) is 0 Å². The lowest BCUT2D eigenvalue weighted by Gasteiger charge is -2.11. The summed E-state index contributed by atoms with van der Waals surface area (Å²) in [6.07, 6.45) is 0. The summed E-state index contributed by atoms with van der Waals surface area (Å²) in [5.41, 5.74) is 1.90. The van der Waals surface area contributed by atoms with Gasteiger partial charge in [0.05, 0.1) is 26.6 Å². The van der Waals surface area contributed by atoms with Gasteiger partial charge >= 0.3 is 0 Å². The largest absolute Gasteiger partial charge is 0.386 e. The van der Waals surface area contributed by atoms with Crippen LogP contribution < -0.4 is 15.8 Å². The molecule has 2 nitrogen and oxygen atoms in total. The predicted octanol–water partition coefficient (Wildman–Crippen LogP) is 1.22. The molecule has 4 heteroatoms. The van der Waals surface area contributed by atoms with E-state index in [1.54, 1.807) is 0 Å². The first kappa shape index (κ1) is 9.42. The van der Waals surface area contributed by atoms with E-state index in [1.807, 2.05) is 26.2 Å². The van der Waals surface area contributed by atoms with Crippen LogP contribution in [0.1, 0.15) is 0 Å². The summed E-state index contributed by atoms with van der Waals surface area (Å²) in [6.45, 7) is 0. The molecule has 0 aromatic heterocycles. The lowest BCUT2D eigenvalue weighted by molar-refractivity contribution is 1.46. The maximum absolute atomic E-state index is 6.03. The minimum atomic E-state index is 0.695. The van der Waals surface area contributed by atoms with Gasteiger partial charge in [-0.05, 0) is 11.3 Å². The van der Waals surface area contributed by atoms with Gasteiger partial charge in [-0.15, -0.1) is 0 Å². The molecule has 0 saturated carbocycles. The molecule has 63 valence electrons. The number of rotatable bonds is 2. The van der Waals surface area contributed by atoms with Gasteiger partial charge in [-0.1, -0.05) is 17.7 Å². The Hall–Kier alpha value is -0.673. The molecule has 0 spiro atoms. The number of hydrogen-bond donors (Lipinski definition) is 2. The second kappa shape index (κ2) is 3.82. The third kappa shape index (κ3) is 1.57. The van der Waals surface area contributed by atoms with Crippen molar-refractivity contribution in [2.75, 3.05) is 24.7 Å². The Morgan fingerprint density at radius 3 is 2.42 bits per heavy atom. The maximum atomic E-state index is 6.03. The van der Waals surface area contributed by atoms with E-state index >= 15 is 0 Å². The second-order valence-corrected chi connectivity index (χ2v) is 3.27. The van der Waals surface area contributed by atoms with Gasteiger partial charge in [0.25, 0.3) is 0 Å². The minimum absolute atomic E-state index is 0.695. The smallest absolute Gasteiger partial charge is 0.0761 e. The summed E-state index contributed by atoms with van der Waals surface area (Å²) >= 11 is 6.03. The van der Waals surface area contributed by atoms with Crippen LogP contribution >= 0.6 is 11.6 Å². The van der Waals surface area contributed by atoms with Gasteiger partial charge in [0.1, 0.15) is 0 Å². The van der Waals surface area contributed by atoms with Gasteiger partial charge in [0.15, 0.2) is 0 Å². The molecule has 0 aliphatic rings. The summed E-state index contributed by atoms with van der Waals surface area (Å²) < 4.78 is 0. The molecule has 2 N–H and O–H groups in total. The Balaban J connectivity index is 3.25. The summed E-state index contributed by atoms with van der Waals surface area (Å²) in [7, 11) is 7.10. The van der Waals surface area contributed by atoms with Crippen LogP contribution in [-0.4, -0.2) is 24.3 Å². The van der Waals surface area contributed by atoms with Crippen molar-refractivity contribution < 1.29 is 0 Å². The van der Waals surface area contributed by atoms with Crippen LogP contribution in [0.15, 0.2) is 12.1 Å². The van der Waals surface area contributed by atoms with E-state index in [4.69, 9.17) is 11.6 Å². The Kier molecular flexibility index (Phi) is 3.00. The SMILES string of the molecule is CNc1ccc([Si])c(Cl)c1NC. The van der Waals surface area contributed by atoms with Crippen LogP contribution in [0.2, 0.25) is 5.02 Å². The molecule has 0 unspecified atom stereocenters. The molecule has 0 saturated heterocycles. The van der Waals surface area contributed by atoms with Crippen molar-refractivity contribution in [3.05, 3.63) is 17.2 Å². The summed E-state index contributed by atoms with van der Waals surface area (Å²) in [5.74, 6) is 0. The van der Waals surface area contributed by atoms with Crippen molar-refractivity contribution in [1.82, 2.24) is 0 Å². The second-order valence-electron chi connectivity index (χ2n) is 2.35. The molecular formula is C8H10ClN2Si. The van der Waals surface area contributed by atoms with Crippen LogP contribution in [0.5, 0.6) is 0 Å². The first-order valence-electron chi connectivity index (χ1n) is 3.60. The van der Waals surface area contributed by atoms with E-state index in [1.165, 1.54) is 0 Å². The van der Waals surface area contributed by atoms with Gasteiger partial charge in [-0.2, -0.15) is 0 Å². The molecule has 1 rings (SSSR count). The third-order valence-corrected chi connectivity index (χ3v) is 2.63. The van der Waals surface area contributed by atoms with Crippen molar-refractivity contribution in [2.24, 2.45) is 0 Å². The highest BCUT2D eigenvalue weighted by Gasteiger charge is 2.05. The van der Waals surface area contributed by atoms with E-state index in [0.717, 1.165) is 16.6 Å². The number of anilines is 2. The topological polar surface area (TPSA) is 24.1 Å². The molecule has 0 fully saturated rings. The van der Waals surface area contributed by atoms with Crippen molar-refractivity contribution >= 4 is 38.4 Å². The average molecular weight is 198 g/mol. The quantitative estimate of drug-likeness (QED) is 0.697. The van der Waals surface area contributed by atoms with Crippen molar-refractivity contribution in [2.45, 2.75) is 0 Å². The third-order valence-electron chi connectivity index (χ3n) is 1.66. The highest BCUT2D eigenvalue weighted by atomic mass is 35.5. The van der Waals surface area contributed by atoms with Gasteiger partial charge in [-0.25, -0.2) is 0 Å². The number of hydrogen-bond acceptors (Lipinski definition) is 2. The van der Waals surface area contributed by atoms with Crippen LogP contribution in [0.25, 0.3) is 0 Å². The Morgan fingerprint density at radius 1 is 1.25 bits per heavy atom. The van der Waals surface area contributed by atoms with Gasteiger partial charge < -0.3 is 10.6 Å². The van der Waals surface area contributed by atoms with Crippen LogP contribution in [0.4, 0.5) is 11.4 Å². The Labute approximate surface area is 80.7 Å². The first-order chi connectivity index (χ1) is 5.70. The van der Waals surface area contributed by atoms with E-state index < -0.39 is 0 Å². The molecule has 3 radical (unpaired) electrons.